The number of ether oxygens (including phenoxy) is 1. The molecule has 1 aromatic carbocycles. The maximum absolute atomic E-state index is 13.4. The Morgan fingerprint density at radius 1 is 1.27 bits per heavy atom. The molecule has 15 heavy (non-hydrogen) atoms. The van der Waals surface area contributed by atoms with Gasteiger partial charge >= 0.3 is 0 Å². The third-order valence-electron chi connectivity index (χ3n) is 2.02. The Labute approximate surface area is 85.9 Å². The fourth-order valence-corrected chi connectivity index (χ4v) is 1.19. The monoisotopic (exact) mass is 218 g/mol. The molecule has 0 aliphatic rings. The summed E-state index contributed by atoms with van der Waals surface area (Å²) in [7, 11) is 1.18. The average Bonchev–Trinajstić information content (AvgIpc) is 2.13. The van der Waals surface area contributed by atoms with Crippen LogP contribution in [0.3, 0.4) is 0 Å². The smallest absolute Gasteiger partial charge is 0.209 e. The minimum Gasteiger partial charge on any atom is -0.503 e. The van der Waals surface area contributed by atoms with E-state index in [9.17, 15) is 13.9 Å². The van der Waals surface area contributed by atoms with Gasteiger partial charge in [0.15, 0.2) is 17.3 Å². The SMILES string of the molecule is COc1cc(C(C)(C)O)c(F)c(O)c1F. The van der Waals surface area contributed by atoms with Gasteiger partial charge in [-0.3, -0.25) is 0 Å². The minimum absolute atomic E-state index is 0.224. The summed E-state index contributed by atoms with van der Waals surface area (Å²) in [6.07, 6.45) is 0. The largest absolute Gasteiger partial charge is 0.503 e. The van der Waals surface area contributed by atoms with Crippen LogP contribution in [0.1, 0.15) is 19.4 Å². The fourth-order valence-electron chi connectivity index (χ4n) is 1.19. The first-order chi connectivity index (χ1) is 6.79. The van der Waals surface area contributed by atoms with E-state index in [1.807, 2.05) is 0 Å². The molecule has 0 heterocycles. The summed E-state index contributed by atoms with van der Waals surface area (Å²) < 4.78 is 31.1. The van der Waals surface area contributed by atoms with Crippen molar-refractivity contribution in [1.29, 1.82) is 0 Å². The Morgan fingerprint density at radius 3 is 2.20 bits per heavy atom. The highest BCUT2D eigenvalue weighted by atomic mass is 19.1. The lowest BCUT2D eigenvalue weighted by atomic mass is 9.97. The summed E-state index contributed by atoms with van der Waals surface area (Å²) in [5, 5.41) is 18.7. The van der Waals surface area contributed by atoms with Crippen molar-refractivity contribution in [3.63, 3.8) is 0 Å². The molecule has 84 valence electrons. The summed E-state index contributed by atoms with van der Waals surface area (Å²) in [4.78, 5) is 0. The van der Waals surface area contributed by atoms with Crippen LogP contribution in [0.2, 0.25) is 0 Å². The summed E-state index contributed by atoms with van der Waals surface area (Å²) >= 11 is 0. The first-order valence-corrected chi connectivity index (χ1v) is 4.26. The number of rotatable bonds is 2. The van der Waals surface area contributed by atoms with Gasteiger partial charge in [0.25, 0.3) is 0 Å². The molecule has 0 radical (unpaired) electrons. The first-order valence-electron chi connectivity index (χ1n) is 4.26. The number of methoxy groups -OCH3 is 1. The lowest BCUT2D eigenvalue weighted by Crippen LogP contribution is -2.18. The molecule has 0 saturated heterocycles. The molecule has 0 amide bonds. The molecule has 0 fully saturated rings. The molecule has 0 spiro atoms. The number of aromatic hydroxyl groups is 1. The highest BCUT2D eigenvalue weighted by molar-refractivity contribution is 5.43. The van der Waals surface area contributed by atoms with Crippen molar-refractivity contribution in [3.05, 3.63) is 23.3 Å². The molecule has 3 nitrogen and oxygen atoms in total. The van der Waals surface area contributed by atoms with Gasteiger partial charge in [0.05, 0.1) is 12.7 Å². The Bertz CT molecular complexity index is 383. The van der Waals surface area contributed by atoms with E-state index in [4.69, 9.17) is 5.11 Å². The van der Waals surface area contributed by atoms with Crippen LogP contribution in [0.15, 0.2) is 6.07 Å². The van der Waals surface area contributed by atoms with Gasteiger partial charge in [-0.15, -0.1) is 0 Å². The van der Waals surface area contributed by atoms with Crippen LogP contribution in [0, 0.1) is 11.6 Å². The number of halogens is 2. The van der Waals surface area contributed by atoms with E-state index in [1.54, 1.807) is 0 Å². The van der Waals surface area contributed by atoms with Gasteiger partial charge in [0, 0.05) is 5.56 Å². The zero-order valence-corrected chi connectivity index (χ0v) is 8.64. The number of phenolic OH excluding ortho intramolecular Hbond substituents is 1. The molecule has 0 atom stereocenters. The van der Waals surface area contributed by atoms with Gasteiger partial charge in [-0.2, -0.15) is 4.39 Å². The van der Waals surface area contributed by atoms with Gasteiger partial charge in [-0.25, -0.2) is 4.39 Å². The van der Waals surface area contributed by atoms with Crippen LogP contribution in [-0.2, 0) is 5.60 Å². The summed E-state index contributed by atoms with van der Waals surface area (Å²) in [5.74, 6) is -3.82. The van der Waals surface area contributed by atoms with Gasteiger partial charge in [0.1, 0.15) is 0 Å². The van der Waals surface area contributed by atoms with Crippen molar-refractivity contribution in [2.45, 2.75) is 19.4 Å². The molecule has 0 bridgehead atoms. The van der Waals surface area contributed by atoms with Crippen molar-refractivity contribution >= 4 is 0 Å². The van der Waals surface area contributed by atoms with E-state index in [0.29, 0.717) is 0 Å². The summed E-state index contributed by atoms with van der Waals surface area (Å²) in [6.45, 7) is 2.64. The molecule has 0 saturated carbocycles. The maximum atomic E-state index is 13.4. The molecule has 1 rings (SSSR count). The summed E-state index contributed by atoms with van der Waals surface area (Å²) in [6, 6.07) is 1.02. The van der Waals surface area contributed by atoms with Crippen molar-refractivity contribution in [1.82, 2.24) is 0 Å². The topological polar surface area (TPSA) is 49.7 Å². The maximum Gasteiger partial charge on any atom is 0.209 e. The summed E-state index contributed by atoms with van der Waals surface area (Å²) in [5.41, 5.74) is -1.75. The Kier molecular flexibility index (Phi) is 2.86. The van der Waals surface area contributed by atoms with Crippen LogP contribution in [-0.4, -0.2) is 17.3 Å². The minimum atomic E-state index is -1.53. The van der Waals surface area contributed by atoms with Crippen molar-refractivity contribution < 1.29 is 23.7 Å². The molecule has 0 aliphatic heterocycles. The highest BCUT2D eigenvalue weighted by Gasteiger charge is 2.27. The van der Waals surface area contributed by atoms with Gasteiger partial charge in [-0.05, 0) is 19.9 Å². The van der Waals surface area contributed by atoms with Crippen molar-refractivity contribution in [3.8, 4) is 11.5 Å². The molecule has 1 aromatic rings. The third kappa shape index (κ3) is 2.02. The third-order valence-corrected chi connectivity index (χ3v) is 2.02. The number of aliphatic hydroxyl groups is 1. The molecule has 0 aromatic heterocycles. The number of phenols is 1. The van der Waals surface area contributed by atoms with E-state index in [2.05, 4.69) is 4.74 Å². The molecule has 0 unspecified atom stereocenters. The molecule has 5 heteroatoms. The number of benzene rings is 1. The van der Waals surface area contributed by atoms with Crippen LogP contribution >= 0.6 is 0 Å². The van der Waals surface area contributed by atoms with Gasteiger partial charge < -0.3 is 14.9 Å². The van der Waals surface area contributed by atoms with Crippen molar-refractivity contribution in [2.24, 2.45) is 0 Å². The van der Waals surface area contributed by atoms with Crippen LogP contribution in [0.4, 0.5) is 8.78 Å². The van der Waals surface area contributed by atoms with E-state index in [0.717, 1.165) is 6.07 Å². The Hall–Kier alpha value is -1.36. The van der Waals surface area contributed by atoms with E-state index in [-0.39, 0.29) is 11.3 Å². The van der Waals surface area contributed by atoms with Gasteiger partial charge in [-0.1, -0.05) is 0 Å². The molecular formula is C10H12F2O3. The number of hydrogen-bond donors (Lipinski definition) is 2. The molecule has 2 N–H and O–H groups in total. The zero-order chi connectivity index (χ0) is 11.8. The molecular weight excluding hydrogens is 206 g/mol. The Morgan fingerprint density at radius 2 is 1.80 bits per heavy atom. The second kappa shape index (κ2) is 3.66. The lowest BCUT2D eigenvalue weighted by molar-refractivity contribution is 0.0733. The second-order valence-electron chi connectivity index (χ2n) is 3.66. The quantitative estimate of drug-likeness (QED) is 0.797. The highest BCUT2D eigenvalue weighted by Crippen LogP contribution is 2.35. The number of hydrogen-bond acceptors (Lipinski definition) is 3. The Balaban J connectivity index is 3.49. The normalized spacial score (nSPS) is 11.6. The van der Waals surface area contributed by atoms with Crippen molar-refractivity contribution in [2.75, 3.05) is 7.11 Å². The van der Waals surface area contributed by atoms with Gasteiger partial charge in [0.2, 0.25) is 5.82 Å². The van der Waals surface area contributed by atoms with E-state index >= 15 is 0 Å². The van der Waals surface area contributed by atoms with Crippen LogP contribution in [0.5, 0.6) is 11.5 Å². The fraction of sp³-hybridized carbons (Fsp3) is 0.400. The predicted octanol–water partition coefficient (Wildman–Crippen LogP) is 1.91. The standard InChI is InChI=1S/C10H12F2O3/c1-10(2,14)5-4-6(15-3)8(12)9(13)7(5)11/h4,13-14H,1-3H3. The molecule has 0 aliphatic carbocycles. The van der Waals surface area contributed by atoms with E-state index in [1.165, 1.54) is 21.0 Å². The second-order valence-corrected chi connectivity index (χ2v) is 3.66. The van der Waals surface area contributed by atoms with Crippen LogP contribution < -0.4 is 4.74 Å². The zero-order valence-electron chi connectivity index (χ0n) is 8.64. The average molecular weight is 218 g/mol. The van der Waals surface area contributed by atoms with E-state index < -0.39 is 23.0 Å². The first kappa shape index (κ1) is 11.7. The lowest BCUT2D eigenvalue weighted by Gasteiger charge is -2.20. The van der Waals surface area contributed by atoms with Crippen LogP contribution in [0.25, 0.3) is 0 Å². The predicted molar refractivity (Wildman–Crippen MR) is 49.8 cm³/mol.